The Kier molecular flexibility index (Phi) is 7.09. The van der Waals surface area contributed by atoms with E-state index in [4.69, 9.17) is 0 Å². The molecule has 1 atom stereocenters. The van der Waals surface area contributed by atoms with E-state index in [1.165, 1.54) is 11.8 Å². The van der Waals surface area contributed by atoms with Gasteiger partial charge in [-0.1, -0.05) is 35.2 Å². The Morgan fingerprint density at radius 1 is 1.05 bits per heavy atom. The molecule has 192 valence electrons. The molecule has 0 radical (unpaired) electrons. The third-order valence-corrected chi connectivity index (χ3v) is 8.71. The Morgan fingerprint density at radius 2 is 1.84 bits per heavy atom. The van der Waals surface area contributed by atoms with Gasteiger partial charge in [0.2, 0.25) is 10.9 Å². The number of piperidine rings is 1. The molecule has 0 saturated carbocycles. The number of benzene rings is 2. The van der Waals surface area contributed by atoms with Crippen LogP contribution in [0.4, 0.5) is 5.69 Å². The van der Waals surface area contributed by atoms with Crippen molar-refractivity contribution < 1.29 is 9.59 Å². The highest BCUT2D eigenvalue weighted by Gasteiger charge is 2.30. The Balaban J connectivity index is 1.10. The minimum atomic E-state index is -0.158. The third-order valence-electron chi connectivity index (χ3n) is 6.36. The monoisotopic (exact) mass is 607 g/mol. The van der Waals surface area contributed by atoms with Crippen molar-refractivity contribution in [2.24, 2.45) is 0 Å². The second kappa shape index (κ2) is 10.8. The quantitative estimate of drug-likeness (QED) is 0.251. The van der Waals surface area contributed by atoms with Crippen LogP contribution in [0.25, 0.3) is 15.2 Å². The van der Waals surface area contributed by atoms with Crippen molar-refractivity contribution >= 4 is 71.7 Å². The molecule has 2 amide bonds. The van der Waals surface area contributed by atoms with Crippen LogP contribution in [0.15, 0.2) is 70.6 Å². The number of para-hydroxylation sites is 1. The van der Waals surface area contributed by atoms with Crippen LogP contribution in [0.1, 0.15) is 41.5 Å². The predicted octanol–water partition coefficient (Wildman–Crippen LogP) is 5.59. The Hall–Kier alpha value is -3.35. The maximum atomic E-state index is 13.4. The van der Waals surface area contributed by atoms with Crippen molar-refractivity contribution in [1.82, 2.24) is 29.5 Å². The maximum Gasteiger partial charge on any atom is 0.254 e. The second-order valence-electron chi connectivity index (χ2n) is 8.85. The molecule has 6 rings (SSSR count). The van der Waals surface area contributed by atoms with Crippen LogP contribution >= 0.6 is 39.0 Å². The third kappa shape index (κ3) is 5.03. The van der Waals surface area contributed by atoms with Crippen molar-refractivity contribution in [3.8, 4) is 0 Å². The Morgan fingerprint density at radius 3 is 2.66 bits per heavy atom. The number of halogens is 1. The number of amides is 2. The van der Waals surface area contributed by atoms with Crippen LogP contribution in [-0.2, 0) is 4.79 Å². The van der Waals surface area contributed by atoms with Gasteiger partial charge in [-0.3, -0.25) is 14.0 Å². The van der Waals surface area contributed by atoms with Crippen molar-refractivity contribution in [3.63, 3.8) is 0 Å². The normalized spacial score (nSPS) is 15.7. The van der Waals surface area contributed by atoms with Crippen LogP contribution in [0, 0.1) is 0 Å². The van der Waals surface area contributed by atoms with Gasteiger partial charge in [0, 0.05) is 30.2 Å². The highest BCUT2D eigenvalue weighted by molar-refractivity contribution is 9.10. The van der Waals surface area contributed by atoms with E-state index in [9.17, 15) is 9.59 Å². The molecule has 4 heterocycles. The molecule has 1 fully saturated rings. The number of hydrogen-bond donors (Lipinski definition) is 1. The van der Waals surface area contributed by atoms with Gasteiger partial charge in [-0.15, -0.1) is 10.2 Å². The summed E-state index contributed by atoms with van der Waals surface area (Å²) in [4.78, 5) is 37.5. The molecule has 1 unspecified atom stereocenters. The van der Waals surface area contributed by atoms with E-state index in [1.54, 1.807) is 48.0 Å². The average Bonchev–Trinajstić information content (AvgIpc) is 3.52. The average molecular weight is 609 g/mol. The summed E-state index contributed by atoms with van der Waals surface area (Å²) in [6.45, 7) is 0.661. The largest absolute Gasteiger partial charge is 0.328 e. The molecule has 3 aromatic heterocycles. The van der Waals surface area contributed by atoms with E-state index in [1.807, 2.05) is 33.6 Å². The fraction of sp³-hybridized carbons (Fsp3) is 0.231. The van der Waals surface area contributed by atoms with E-state index in [0.29, 0.717) is 28.8 Å². The number of aromatic nitrogens is 5. The highest BCUT2D eigenvalue weighted by atomic mass is 79.9. The van der Waals surface area contributed by atoms with Crippen molar-refractivity contribution in [3.05, 3.63) is 76.8 Å². The zero-order valence-corrected chi connectivity index (χ0v) is 23.3. The molecule has 5 aromatic rings. The molecule has 1 saturated heterocycles. The lowest BCUT2D eigenvalue weighted by Gasteiger charge is -2.34. The molecule has 1 N–H and O–H groups in total. The first-order chi connectivity index (χ1) is 18.6. The summed E-state index contributed by atoms with van der Waals surface area (Å²) in [5, 5.41) is 12.1. The maximum absolute atomic E-state index is 13.4. The first-order valence-corrected chi connectivity index (χ1v) is 14.7. The highest BCUT2D eigenvalue weighted by Crippen LogP contribution is 2.31. The summed E-state index contributed by atoms with van der Waals surface area (Å²) >= 11 is 6.27. The summed E-state index contributed by atoms with van der Waals surface area (Å²) in [5.74, 6) is 0.624. The molecule has 0 spiro atoms. The molecule has 1 aliphatic heterocycles. The summed E-state index contributed by atoms with van der Waals surface area (Å²) < 4.78 is 3.91. The molecular weight excluding hydrogens is 586 g/mol. The minimum absolute atomic E-state index is 0.0616. The van der Waals surface area contributed by atoms with Gasteiger partial charge in [0.1, 0.15) is 0 Å². The molecule has 9 nitrogen and oxygen atoms in total. The molecule has 0 aliphatic carbocycles. The van der Waals surface area contributed by atoms with Gasteiger partial charge >= 0.3 is 0 Å². The first kappa shape index (κ1) is 25.0. The molecule has 0 bridgehead atoms. The molecule has 2 aromatic carbocycles. The lowest BCUT2D eigenvalue weighted by atomic mass is 10.00. The zero-order valence-electron chi connectivity index (χ0n) is 20.1. The van der Waals surface area contributed by atoms with E-state index < -0.39 is 0 Å². The van der Waals surface area contributed by atoms with E-state index in [-0.39, 0.29) is 23.6 Å². The number of nitrogens with zero attached hydrogens (tertiary/aromatic N) is 6. The van der Waals surface area contributed by atoms with Crippen molar-refractivity contribution in [1.29, 1.82) is 0 Å². The fourth-order valence-corrected chi connectivity index (χ4v) is 6.55. The SMILES string of the molecule is O=C(CSc1nnc2sc3ccccc3n12)Nc1ccc(C(=O)N2CCCCC2c2ncc(Br)cn2)cc1. The summed E-state index contributed by atoms with van der Waals surface area (Å²) in [5.41, 5.74) is 2.23. The van der Waals surface area contributed by atoms with E-state index >= 15 is 0 Å². The number of rotatable bonds is 6. The second-order valence-corrected chi connectivity index (χ2v) is 11.7. The van der Waals surface area contributed by atoms with E-state index in [2.05, 4.69) is 41.4 Å². The van der Waals surface area contributed by atoms with Gasteiger partial charge in [-0.05, 0) is 71.6 Å². The van der Waals surface area contributed by atoms with Gasteiger partial charge < -0.3 is 10.2 Å². The molecule has 38 heavy (non-hydrogen) atoms. The van der Waals surface area contributed by atoms with Crippen LogP contribution in [0.5, 0.6) is 0 Å². The first-order valence-electron chi connectivity index (χ1n) is 12.1. The number of likely N-dealkylation sites (tertiary alicyclic amines) is 1. The number of nitrogens with one attached hydrogen (secondary N) is 1. The van der Waals surface area contributed by atoms with Crippen LogP contribution in [0.3, 0.4) is 0 Å². The lowest BCUT2D eigenvalue weighted by molar-refractivity contribution is -0.113. The molecule has 1 aliphatic rings. The summed E-state index contributed by atoms with van der Waals surface area (Å²) in [6.07, 6.45) is 6.23. The number of carbonyl (C=O) groups is 2. The smallest absolute Gasteiger partial charge is 0.254 e. The zero-order chi connectivity index (χ0) is 26.1. The van der Waals surface area contributed by atoms with Crippen molar-refractivity contribution in [2.75, 3.05) is 17.6 Å². The minimum Gasteiger partial charge on any atom is -0.328 e. The number of carbonyl (C=O) groups excluding carboxylic acids is 2. The standard InChI is InChI=1S/C26H22BrN7O2S2/c27-17-13-28-23(29-14-17)20-6-3-4-12-33(20)24(36)16-8-10-18(11-9-16)30-22(35)15-37-25-31-32-26-34(25)19-5-1-2-7-21(19)38-26/h1-2,5,7-11,13-14,20H,3-4,6,12,15H2,(H,30,35). The van der Waals surface area contributed by atoms with Crippen LogP contribution in [-0.4, -0.2) is 53.6 Å². The predicted molar refractivity (Wildman–Crippen MR) is 152 cm³/mol. The Bertz CT molecular complexity index is 1620. The van der Waals surface area contributed by atoms with Gasteiger partial charge in [-0.25, -0.2) is 9.97 Å². The molecular formula is C26H22BrN7O2S2. The van der Waals surface area contributed by atoms with E-state index in [0.717, 1.165) is 38.9 Å². The summed E-state index contributed by atoms with van der Waals surface area (Å²) in [7, 11) is 0. The fourth-order valence-electron chi connectivity index (χ4n) is 4.58. The van der Waals surface area contributed by atoms with Gasteiger partial charge in [-0.2, -0.15) is 0 Å². The number of hydrogen-bond acceptors (Lipinski definition) is 8. The van der Waals surface area contributed by atoms with Crippen molar-refractivity contribution in [2.45, 2.75) is 30.5 Å². The number of thioether (sulfide) groups is 1. The molecule has 12 heteroatoms. The summed E-state index contributed by atoms with van der Waals surface area (Å²) in [6, 6.07) is 14.9. The number of fused-ring (bicyclic) bond motifs is 3. The van der Waals surface area contributed by atoms with Crippen LogP contribution in [0.2, 0.25) is 0 Å². The lowest BCUT2D eigenvalue weighted by Crippen LogP contribution is -2.39. The topological polar surface area (TPSA) is 105 Å². The van der Waals surface area contributed by atoms with Gasteiger partial charge in [0.25, 0.3) is 5.91 Å². The van der Waals surface area contributed by atoms with Gasteiger partial charge in [0.15, 0.2) is 11.0 Å². The Labute approximate surface area is 234 Å². The number of anilines is 1. The number of thiazole rings is 1. The van der Waals surface area contributed by atoms with Crippen LogP contribution < -0.4 is 5.32 Å². The van der Waals surface area contributed by atoms with Gasteiger partial charge in [0.05, 0.1) is 26.5 Å².